The summed E-state index contributed by atoms with van der Waals surface area (Å²) in [5.74, 6) is 2.51. The number of rotatable bonds is 3. The molecule has 2 heterocycles. The van der Waals surface area contributed by atoms with Gasteiger partial charge in [0, 0.05) is 19.6 Å². The van der Waals surface area contributed by atoms with Gasteiger partial charge in [-0.15, -0.1) is 5.10 Å². The number of anilines is 1. The predicted octanol–water partition coefficient (Wildman–Crippen LogP) is 1.29. The molecule has 0 saturated carbocycles. The van der Waals surface area contributed by atoms with Crippen LogP contribution in [0.15, 0.2) is 12.1 Å². The summed E-state index contributed by atoms with van der Waals surface area (Å²) in [6.45, 7) is 7.57. The van der Waals surface area contributed by atoms with Crippen LogP contribution in [-0.2, 0) is 6.54 Å². The Morgan fingerprint density at radius 1 is 1.25 bits per heavy atom. The lowest BCUT2D eigenvalue weighted by molar-refractivity contribution is 0.494. The van der Waals surface area contributed by atoms with Crippen LogP contribution in [0.4, 0.5) is 5.82 Å². The van der Waals surface area contributed by atoms with E-state index in [0.29, 0.717) is 0 Å². The van der Waals surface area contributed by atoms with E-state index < -0.39 is 0 Å². The van der Waals surface area contributed by atoms with Gasteiger partial charge in [0.1, 0.15) is 0 Å². The summed E-state index contributed by atoms with van der Waals surface area (Å²) in [7, 11) is 1.92. The van der Waals surface area contributed by atoms with Gasteiger partial charge < -0.3 is 10.2 Å². The Hall–Kier alpha value is -1.16. The molecule has 1 aromatic rings. The smallest absolute Gasteiger partial charge is 0.151 e. The first-order valence-electron chi connectivity index (χ1n) is 5.93. The van der Waals surface area contributed by atoms with Gasteiger partial charge in [0.05, 0.1) is 5.69 Å². The zero-order valence-corrected chi connectivity index (χ0v) is 10.3. The van der Waals surface area contributed by atoms with Crippen LogP contribution in [0.25, 0.3) is 0 Å². The molecule has 88 valence electrons. The van der Waals surface area contributed by atoms with Crippen molar-refractivity contribution in [3.05, 3.63) is 17.8 Å². The van der Waals surface area contributed by atoms with Crippen molar-refractivity contribution < 1.29 is 0 Å². The minimum Gasteiger partial charge on any atom is -0.355 e. The molecule has 1 aliphatic rings. The molecule has 0 aliphatic carbocycles. The van der Waals surface area contributed by atoms with E-state index in [9.17, 15) is 0 Å². The maximum atomic E-state index is 4.28. The zero-order valence-electron chi connectivity index (χ0n) is 10.3. The van der Waals surface area contributed by atoms with Crippen LogP contribution in [-0.4, -0.2) is 30.3 Å². The quantitative estimate of drug-likeness (QED) is 0.833. The molecule has 4 heteroatoms. The fourth-order valence-electron chi connectivity index (χ4n) is 2.11. The normalized spacial score (nSPS) is 25.1. The van der Waals surface area contributed by atoms with Crippen LogP contribution in [0.2, 0.25) is 0 Å². The number of nitrogens with one attached hydrogen (secondary N) is 1. The monoisotopic (exact) mass is 220 g/mol. The molecule has 0 radical (unpaired) electrons. The van der Waals surface area contributed by atoms with Crippen LogP contribution >= 0.6 is 0 Å². The second-order valence-electron chi connectivity index (χ2n) is 4.77. The highest BCUT2D eigenvalue weighted by Gasteiger charge is 2.26. The third-order valence-corrected chi connectivity index (χ3v) is 3.38. The average molecular weight is 220 g/mol. The second kappa shape index (κ2) is 4.78. The number of hydrogen-bond acceptors (Lipinski definition) is 4. The second-order valence-corrected chi connectivity index (χ2v) is 4.77. The van der Waals surface area contributed by atoms with Crippen LogP contribution in [0.3, 0.4) is 0 Å². The third kappa shape index (κ3) is 2.32. The standard InChI is InChI=1S/C12H20N4/c1-9-7-16(8-10(9)2)12-5-4-11(6-13-3)14-15-12/h4-5,9-10,13H,6-8H2,1-3H3. The highest BCUT2D eigenvalue weighted by Crippen LogP contribution is 2.25. The molecule has 1 saturated heterocycles. The first kappa shape index (κ1) is 11.3. The minimum atomic E-state index is 0.749. The van der Waals surface area contributed by atoms with E-state index in [2.05, 4.69) is 40.3 Å². The van der Waals surface area contributed by atoms with Crippen molar-refractivity contribution in [3.63, 3.8) is 0 Å². The summed E-state index contributed by atoms with van der Waals surface area (Å²) >= 11 is 0. The molecule has 16 heavy (non-hydrogen) atoms. The highest BCUT2D eigenvalue weighted by molar-refractivity contribution is 5.38. The summed E-state index contributed by atoms with van der Waals surface area (Å²) in [4.78, 5) is 2.32. The number of hydrogen-bond donors (Lipinski definition) is 1. The largest absolute Gasteiger partial charge is 0.355 e. The Labute approximate surface area is 97.1 Å². The van der Waals surface area contributed by atoms with Crippen LogP contribution in [0.1, 0.15) is 19.5 Å². The third-order valence-electron chi connectivity index (χ3n) is 3.38. The summed E-state index contributed by atoms with van der Waals surface area (Å²) in [6.07, 6.45) is 0. The van der Waals surface area contributed by atoms with Gasteiger partial charge in [-0.1, -0.05) is 13.8 Å². The SMILES string of the molecule is CNCc1ccc(N2CC(C)C(C)C2)nn1. The van der Waals surface area contributed by atoms with Crippen molar-refractivity contribution in [1.29, 1.82) is 0 Å². The lowest BCUT2D eigenvalue weighted by Gasteiger charge is -2.16. The van der Waals surface area contributed by atoms with Gasteiger partial charge in [0.15, 0.2) is 5.82 Å². The fraction of sp³-hybridized carbons (Fsp3) is 0.667. The van der Waals surface area contributed by atoms with E-state index in [1.807, 2.05) is 13.1 Å². The molecule has 0 spiro atoms. The molecule has 1 fully saturated rings. The van der Waals surface area contributed by atoms with Crippen LogP contribution in [0.5, 0.6) is 0 Å². The Bertz CT molecular complexity index is 325. The Kier molecular flexibility index (Phi) is 3.39. The fourth-order valence-corrected chi connectivity index (χ4v) is 2.11. The van der Waals surface area contributed by atoms with E-state index in [-0.39, 0.29) is 0 Å². The van der Waals surface area contributed by atoms with Gasteiger partial charge in [-0.25, -0.2) is 0 Å². The molecule has 2 rings (SSSR count). The molecule has 0 amide bonds. The minimum absolute atomic E-state index is 0.749. The maximum Gasteiger partial charge on any atom is 0.151 e. The Morgan fingerprint density at radius 2 is 1.94 bits per heavy atom. The van der Waals surface area contributed by atoms with Gasteiger partial charge in [-0.05, 0) is 31.0 Å². The Morgan fingerprint density at radius 3 is 2.44 bits per heavy atom. The van der Waals surface area contributed by atoms with E-state index in [1.165, 1.54) is 0 Å². The number of nitrogens with zero attached hydrogens (tertiary/aromatic N) is 3. The molecular weight excluding hydrogens is 200 g/mol. The average Bonchev–Trinajstić information content (AvgIpc) is 2.61. The molecule has 0 aromatic carbocycles. The van der Waals surface area contributed by atoms with Crippen molar-refractivity contribution in [2.45, 2.75) is 20.4 Å². The Balaban J connectivity index is 2.05. The highest BCUT2D eigenvalue weighted by atomic mass is 15.3. The van der Waals surface area contributed by atoms with Crippen molar-refractivity contribution in [1.82, 2.24) is 15.5 Å². The number of aromatic nitrogens is 2. The van der Waals surface area contributed by atoms with Crippen molar-refractivity contribution >= 4 is 5.82 Å². The van der Waals surface area contributed by atoms with Gasteiger partial charge in [-0.3, -0.25) is 0 Å². The molecule has 2 unspecified atom stereocenters. The van der Waals surface area contributed by atoms with Gasteiger partial charge in [0.2, 0.25) is 0 Å². The van der Waals surface area contributed by atoms with E-state index >= 15 is 0 Å². The molecule has 4 nitrogen and oxygen atoms in total. The summed E-state index contributed by atoms with van der Waals surface area (Å²) in [5, 5.41) is 11.6. The van der Waals surface area contributed by atoms with Crippen LogP contribution in [0, 0.1) is 11.8 Å². The van der Waals surface area contributed by atoms with Gasteiger partial charge >= 0.3 is 0 Å². The first-order chi connectivity index (χ1) is 7.70. The lowest BCUT2D eigenvalue weighted by Crippen LogP contribution is -2.21. The molecule has 1 N–H and O–H groups in total. The van der Waals surface area contributed by atoms with Crippen molar-refractivity contribution in [2.75, 3.05) is 25.0 Å². The maximum absolute atomic E-state index is 4.28. The summed E-state index contributed by atoms with van der Waals surface area (Å²) < 4.78 is 0. The van der Waals surface area contributed by atoms with Crippen LogP contribution < -0.4 is 10.2 Å². The zero-order chi connectivity index (χ0) is 11.5. The molecule has 2 atom stereocenters. The topological polar surface area (TPSA) is 41.0 Å². The molecule has 1 aromatic heterocycles. The predicted molar refractivity (Wildman–Crippen MR) is 65.3 cm³/mol. The van der Waals surface area contributed by atoms with E-state index in [0.717, 1.165) is 43.0 Å². The van der Waals surface area contributed by atoms with Crippen molar-refractivity contribution in [2.24, 2.45) is 11.8 Å². The van der Waals surface area contributed by atoms with Gasteiger partial charge in [0.25, 0.3) is 0 Å². The molecular formula is C12H20N4. The van der Waals surface area contributed by atoms with E-state index in [1.54, 1.807) is 0 Å². The lowest BCUT2D eigenvalue weighted by atomic mass is 10.0. The molecule has 1 aliphatic heterocycles. The summed E-state index contributed by atoms with van der Waals surface area (Å²) in [6, 6.07) is 4.12. The van der Waals surface area contributed by atoms with Crippen molar-refractivity contribution in [3.8, 4) is 0 Å². The summed E-state index contributed by atoms with van der Waals surface area (Å²) in [5.41, 5.74) is 0.992. The molecule has 0 bridgehead atoms. The first-order valence-corrected chi connectivity index (χ1v) is 5.93. The van der Waals surface area contributed by atoms with Gasteiger partial charge in [-0.2, -0.15) is 5.10 Å². The van der Waals surface area contributed by atoms with E-state index in [4.69, 9.17) is 0 Å².